The fraction of sp³-hybridized carbons (Fsp3) is 0.214. The van der Waals surface area contributed by atoms with Crippen LogP contribution in [0.3, 0.4) is 0 Å². The highest BCUT2D eigenvalue weighted by Gasteiger charge is 2.29. The van der Waals surface area contributed by atoms with Gasteiger partial charge in [0.15, 0.2) is 0 Å². The number of hydrogen-bond donors (Lipinski definition) is 1. The maximum Gasteiger partial charge on any atom is 0.258 e. The maximum absolute atomic E-state index is 11.7. The van der Waals surface area contributed by atoms with Crippen LogP contribution in [0.15, 0.2) is 36.4 Å². The molecule has 2 N–H and O–H groups in total. The van der Waals surface area contributed by atoms with E-state index in [4.69, 9.17) is 5.73 Å². The minimum Gasteiger partial charge on any atom is -0.369 e. The number of nitrogens with two attached hydrogens (primary N) is 1. The summed E-state index contributed by atoms with van der Waals surface area (Å²) in [4.78, 5) is 36.0. The lowest BCUT2D eigenvalue weighted by Gasteiger charge is -2.21. The molecule has 1 atom stereocenters. The molecule has 5 heteroatoms. The van der Waals surface area contributed by atoms with Gasteiger partial charge in [-0.3, -0.25) is 14.4 Å². The van der Waals surface area contributed by atoms with Crippen molar-refractivity contribution in [3.05, 3.63) is 42.0 Å². The van der Waals surface area contributed by atoms with Crippen molar-refractivity contribution < 1.29 is 14.4 Å². The van der Waals surface area contributed by atoms with Gasteiger partial charge >= 0.3 is 0 Å². The van der Waals surface area contributed by atoms with E-state index in [9.17, 15) is 14.4 Å². The first-order chi connectivity index (χ1) is 9.06. The number of anilines is 1. The van der Waals surface area contributed by atoms with Crippen molar-refractivity contribution >= 4 is 23.4 Å². The van der Waals surface area contributed by atoms with Crippen LogP contribution in [-0.2, 0) is 14.4 Å². The third-order valence-corrected chi connectivity index (χ3v) is 3.11. The number of amides is 3. The summed E-state index contributed by atoms with van der Waals surface area (Å²) in [6.07, 6.45) is 2.94. The molecular weight excluding hydrogens is 244 g/mol. The molecule has 0 radical (unpaired) electrons. The third kappa shape index (κ3) is 2.27. The van der Waals surface area contributed by atoms with Gasteiger partial charge in [-0.1, -0.05) is 25.1 Å². The summed E-state index contributed by atoms with van der Waals surface area (Å²) in [5.74, 6) is -1.80. The molecule has 1 aromatic rings. The van der Waals surface area contributed by atoms with Crippen molar-refractivity contribution in [1.82, 2.24) is 0 Å². The Morgan fingerprint density at radius 1 is 1.21 bits per heavy atom. The number of para-hydroxylation sites is 1. The van der Waals surface area contributed by atoms with Crippen molar-refractivity contribution in [2.45, 2.75) is 19.3 Å². The van der Waals surface area contributed by atoms with Crippen LogP contribution in [-0.4, -0.2) is 17.7 Å². The lowest BCUT2D eigenvalue weighted by Crippen LogP contribution is -2.32. The lowest BCUT2D eigenvalue weighted by atomic mass is 9.93. The first-order valence-corrected chi connectivity index (χ1v) is 6.00. The lowest BCUT2D eigenvalue weighted by molar-refractivity contribution is -0.121. The molecule has 1 aromatic carbocycles. The van der Waals surface area contributed by atoms with Gasteiger partial charge in [0.2, 0.25) is 5.91 Å². The van der Waals surface area contributed by atoms with Gasteiger partial charge < -0.3 is 5.73 Å². The number of hydrogen-bond acceptors (Lipinski definition) is 3. The average molecular weight is 258 g/mol. The smallest absolute Gasteiger partial charge is 0.258 e. The van der Waals surface area contributed by atoms with Crippen LogP contribution in [0.2, 0.25) is 0 Å². The number of rotatable bonds is 4. The number of carbonyl (C=O) groups is 3. The second-order valence-electron chi connectivity index (χ2n) is 4.27. The quantitative estimate of drug-likeness (QED) is 0.821. The van der Waals surface area contributed by atoms with Gasteiger partial charge in [0.05, 0.1) is 11.6 Å². The van der Waals surface area contributed by atoms with Gasteiger partial charge in [-0.25, -0.2) is 4.90 Å². The highest BCUT2D eigenvalue weighted by molar-refractivity contribution is 6.28. The molecule has 3 amide bonds. The van der Waals surface area contributed by atoms with Gasteiger partial charge in [0, 0.05) is 12.2 Å². The maximum atomic E-state index is 11.7. The Balaban J connectivity index is 2.50. The Labute approximate surface area is 110 Å². The molecule has 0 fully saturated rings. The molecule has 98 valence electrons. The number of carbonyl (C=O) groups excluding carboxylic acids is 3. The number of imide groups is 1. The Bertz CT molecular complexity index is 560. The van der Waals surface area contributed by atoms with Crippen molar-refractivity contribution in [2.24, 2.45) is 5.73 Å². The molecule has 0 aliphatic carbocycles. The van der Waals surface area contributed by atoms with Crippen molar-refractivity contribution in [3.63, 3.8) is 0 Å². The standard InChI is InChI=1S/C14H14N2O3/c1-2-9(14(15)19)10-5-3-4-6-11(10)16-12(17)7-8-13(16)18/h3-9H,2H2,1H3,(H2,15,19). The second kappa shape index (κ2) is 5.06. The van der Waals surface area contributed by atoms with Crippen LogP contribution in [0.4, 0.5) is 5.69 Å². The van der Waals surface area contributed by atoms with Crippen LogP contribution >= 0.6 is 0 Å². The molecule has 0 aromatic heterocycles. The van der Waals surface area contributed by atoms with Gasteiger partial charge in [-0.15, -0.1) is 0 Å². The Kier molecular flexibility index (Phi) is 3.46. The van der Waals surface area contributed by atoms with Gasteiger partial charge in [0.1, 0.15) is 0 Å². The minimum atomic E-state index is -0.516. The van der Waals surface area contributed by atoms with E-state index < -0.39 is 23.6 Å². The number of nitrogens with zero attached hydrogens (tertiary/aromatic N) is 1. The van der Waals surface area contributed by atoms with Gasteiger partial charge in [-0.2, -0.15) is 0 Å². The van der Waals surface area contributed by atoms with Crippen LogP contribution in [0, 0.1) is 0 Å². The zero-order valence-corrected chi connectivity index (χ0v) is 10.5. The molecule has 2 rings (SSSR count). The van der Waals surface area contributed by atoms with Gasteiger partial charge in [-0.05, 0) is 18.1 Å². The minimum absolute atomic E-state index is 0.406. The van der Waals surface area contributed by atoms with E-state index in [2.05, 4.69) is 0 Å². The molecule has 0 bridgehead atoms. The molecule has 1 aliphatic heterocycles. The van der Waals surface area contributed by atoms with E-state index in [1.54, 1.807) is 24.3 Å². The predicted molar refractivity (Wildman–Crippen MR) is 70.3 cm³/mol. The highest BCUT2D eigenvalue weighted by Crippen LogP contribution is 2.31. The molecule has 1 heterocycles. The van der Waals surface area contributed by atoms with Crippen LogP contribution in [0.25, 0.3) is 0 Å². The molecule has 1 unspecified atom stereocenters. The predicted octanol–water partition coefficient (Wildman–Crippen LogP) is 1.09. The molecule has 0 saturated heterocycles. The first-order valence-electron chi connectivity index (χ1n) is 6.00. The average Bonchev–Trinajstić information content (AvgIpc) is 2.70. The van der Waals surface area contributed by atoms with E-state index in [0.717, 1.165) is 4.90 Å². The molecule has 0 spiro atoms. The molecule has 1 aliphatic rings. The summed E-state index contributed by atoms with van der Waals surface area (Å²) in [7, 11) is 0. The largest absolute Gasteiger partial charge is 0.369 e. The van der Waals surface area contributed by atoms with E-state index in [1.807, 2.05) is 6.92 Å². The summed E-state index contributed by atoms with van der Waals surface area (Å²) in [5.41, 5.74) is 6.40. The Morgan fingerprint density at radius 3 is 2.32 bits per heavy atom. The van der Waals surface area contributed by atoms with E-state index in [1.165, 1.54) is 12.2 Å². The van der Waals surface area contributed by atoms with Crippen molar-refractivity contribution in [3.8, 4) is 0 Å². The fourth-order valence-electron chi connectivity index (χ4n) is 2.20. The third-order valence-electron chi connectivity index (χ3n) is 3.11. The van der Waals surface area contributed by atoms with Crippen LogP contribution < -0.4 is 10.6 Å². The van der Waals surface area contributed by atoms with E-state index in [-0.39, 0.29) is 0 Å². The van der Waals surface area contributed by atoms with Crippen molar-refractivity contribution in [1.29, 1.82) is 0 Å². The molecular formula is C14H14N2O3. The van der Waals surface area contributed by atoms with E-state index in [0.29, 0.717) is 17.7 Å². The Morgan fingerprint density at radius 2 is 1.79 bits per heavy atom. The Hall–Kier alpha value is -2.43. The molecule has 5 nitrogen and oxygen atoms in total. The van der Waals surface area contributed by atoms with Gasteiger partial charge in [0.25, 0.3) is 11.8 Å². The first kappa shape index (κ1) is 13.0. The zero-order valence-electron chi connectivity index (χ0n) is 10.5. The number of benzene rings is 1. The number of primary amides is 1. The highest BCUT2D eigenvalue weighted by atomic mass is 16.2. The molecule has 19 heavy (non-hydrogen) atoms. The van der Waals surface area contributed by atoms with Crippen LogP contribution in [0.5, 0.6) is 0 Å². The van der Waals surface area contributed by atoms with Crippen LogP contribution in [0.1, 0.15) is 24.8 Å². The normalized spacial score (nSPS) is 15.9. The SMILES string of the molecule is CCC(C(N)=O)c1ccccc1N1C(=O)C=CC1=O. The molecule has 0 saturated carbocycles. The summed E-state index contributed by atoms with van der Waals surface area (Å²) >= 11 is 0. The summed E-state index contributed by atoms with van der Waals surface area (Å²) in [6, 6.07) is 6.82. The summed E-state index contributed by atoms with van der Waals surface area (Å²) < 4.78 is 0. The van der Waals surface area contributed by atoms with Crippen molar-refractivity contribution in [2.75, 3.05) is 4.90 Å². The van der Waals surface area contributed by atoms with E-state index >= 15 is 0 Å². The summed E-state index contributed by atoms with van der Waals surface area (Å²) in [6.45, 7) is 1.83. The monoisotopic (exact) mass is 258 g/mol. The topological polar surface area (TPSA) is 80.5 Å². The fourth-order valence-corrected chi connectivity index (χ4v) is 2.20. The summed E-state index contributed by atoms with van der Waals surface area (Å²) in [5, 5.41) is 0. The zero-order chi connectivity index (χ0) is 14.0. The second-order valence-corrected chi connectivity index (χ2v) is 4.27.